The normalized spacial score (nSPS) is 28.2. The van der Waals surface area contributed by atoms with E-state index in [4.69, 9.17) is 16.3 Å². The molecule has 0 saturated carbocycles. The zero-order valence-corrected chi connectivity index (χ0v) is 11.9. The number of rotatable bonds is 3. The minimum absolute atomic E-state index is 0.0703. The third-order valence-electron chi connectivity index (χ3n) is 3.36. The molecule has 1 saturated heterocycles. The van der Waals surface area contributed by atoms with Crippen molar-refractivity contribution < 1.29 is 9.53 Å². The monoisotopic (exact) mass is 279 g/mol. The average molecular weight is 280 g/mol. The molecule has 1 amide bonds. The van der Waals surface area contributed by atoms with Crippen LogP contribution in [-0.4, -0.2) is 28.5 Å². The molecule has 0 aromatic heterocycles. The van der Waals surface area contributed by atoms with Crippen LogP contribution in [0.15, 0.2) is 43.0 Å². The molecule has 2 unspecified atom stereocenters. The van der Waals surface area contributed by atoms with E-state index >= 15 is 0 Å². The quantitative estimate of drug-likeness (QED) is 0.628. The van der Waals surface area contributed by atoms with E-state index in [0.29, 0.717) is 0 Å². The predicted octanol–water partition coefficient (Wildman–Crippen LogP) is 3.11. The van der Waals surface area contributed by atoms with E-state index in [0.717, 1.165) is 5.56 Å². The van der Waals surface area contributed by atoms with E-state index in [1.54, 1.807) is 17.9 Å². The zero-order chi connectivity index (χ0) is 14.0. The maximum atomic E-state index is 12.2. The molecule has 0 N–H and O–H groups in total. The van der Waals surface area contributed by atoms with Crippen molar-refractivity contribution in [3.63, 3.8) is 0 Å². The second kappa shape index (κ2) is 5.76. The fourth-order valence-corrected chi connectivity index (χ4v) is 2.52. The summed E-state index contributed by atoms with van der Waals surface area (Å²) in [7, 11) is 0. The van der Waals surface area contributed by atoms with Crippen molar-refractivity contribution in [2.45, 2.75) is 37.6 Å². The number of benzene rings is 1. The highest BCUT2D eigenvalue weighted by Gasteiger charge is 2.42. The van der Waals surface area contributed by atoms with E-state index in [1.165, 1.54) is 0 Å². The van der Waals surface area contributed by atoms with Crippen LogP contribution in [0.4, 0.5) is 0 Å². The molecule has 0 bridgehead atoms. The molecule has 4 heteroatoms. The van der Waals surface area contributed by atoms with Crippen molar-refractivity contribution >= 4 is 17.5 Å². The first-order chi connectivity index (χ1) is 9.06. The van der Waals surface area contributed by atoms with Gasteiger partial charge in [0.25, 0.3) is 0 Å². The number of halogens is 1. The molecule has 1 aliphatic heterocycles. The molecule has 0 radical (unpaired) electrons. The lowest BCUT2D eigenvalue weighted by Crippen LogP contribution is -2.43. The number of ether oxygens (including phenoxy) is 1. The van der Waals surface area contributed by atoms with Crippen LogP contribution in [0.2, 0.25) is 0 Å². The lowest BCUT2D eigenvalue weighted by Gasteiger charge is -2.26. The lowest BCUT2D eigenvalue weighted by atomic mass is 10.0. The smallest absolute Gasteiger partial charge is 0.242 e. The van der Waals surface area contributed by atoms with Crippen LogP contribution in [0.25, 0.3) is 0 Å². The van der Waals surface area contributed by atoms with E-state index in [9.17, 15) is 4.79 Å². The van der Waals surface area contributed by atoms with E-state index in [1.807, 2.05) is 37.3 Å². The molecule has 2 rings (SSSR count). The Balaban J connectivity index is 2.27. The molecule has 4 atom stereocenters. The number of hydrogen-bond donors (Lipinski definition) is 0. The van der Waals surface area contributed by atoms with Gasteiger partial charge in [0.15, 0.2) is 6.23 Å². The van der Waals surface area contributed by atoms with Gasteiger partial charge in [0.05, 0.1) is 6.04 Å². The molecular weight excluding hydrogens is 262 g/mol. The molecule has 3 nitrogen and oxygen atoms in total. The van der Waals surface area contributed by atoms with Gasteiger partial charge in [-0.15, -0.1) is 11.6 Å². The van der Waals surface area contributed by atoms with Crippen LogP contribution in [-0.2, 0) is 9.53 Å². The molecule has 102 valence electrons. The van der Waals surface area contributed by atoms with Crippen LogP contribution < -0.4 is 0 Å². The third kappa shape index (κ3) is 2.67. The highest BCUT2D eigenvalue weighted by molar-refractivity contribution is 6.30. The number of nitrogens with zero attached hydrogens (tertiary/aromatic N) is 1. The Hall–Kier alpha value is -1.32. The van der Waals surface area contributed by atoms with Gasteiger partial charge in [-0.1, -0.05) is 36.9 Å². The Morgan fingerprint density at radius 1 is 1.47 bits per heavy atom. The van der Waals surface area contributed by atoms with Crippen LogP contribution in [0, 0.1) is 0 Å². The maximum Gasteiger partial charge on any atom is 0.242 e. The molecule has 0 aliphatic carbocycles. The van der Waals surface area contributed by atoms with Crippen LogP contribution in [0.1, 0.15) is 25.5 Å². The van der Waals surface area contributed by atoms with E-state index < -0.39 is 11.6 Å². The van der Waals surface area contributed by atoms with Crippen LogP contribution in [0.3, 0.4) is 0 Å². The molecule has 1 heterocycles. The van der Waals surface area contributed by atoms with E-state index in [-0.39, 0.29) is 18.1 Å². The molecule has 0 spiro atoms. The molecule has 1 aromatic rings. The molecule has 1 aromatic carbocycles. The molecule has 19 heavy (non-hydrogen) atoms. The lowest BCUT2D eigenvalue weighted by molar-refractivity contribution is -0.134. The summed E-state index contributed by atoms with van der Waals surface area (Å²) >= 11 is 5.91. The molecule has 1 aliphatic rings. The first-order valence-corrected chi connectivity index (χ1v) is 6.79. The van der Waals surface area contributed by atoms with Gasteiger partial charge in [-0.05, 0) is 25.5 Å². The van der Waals surface area contributed by atoms with Crippen molar-refractivity contribution in [1.82, 2.24) is 4.90 Å². The third-order valence-corrected chi connectivity index (χ3v) is 3.55. The first kappa shape index (κ1) is 14.1. The van der Waals surface area contributed by atoms with Gasteiger partial charge in [-0.2, -0.15) is 0 Å². The largest absolute Gasteiger partial charge is 0.345 e. The fourth-order valence-electron chi connectivity index (χ4n) is 2.41. The Kier molecular flexibility index (Phi) is 4.27. The standard InChI is InChI=1S/C15H18ClNO2/c1-4-13-17(15(18)10(2)16)11(3)14(19-13)12-8-6-5-7-9-12/h4-11,13-14H,1H2,2-3H3/t10?,11-,13?,14-/m0/s1. The number of hydrogen-bond acceptors (Lipinski definition) is 2. The van der Waals surface area contributed by atoms with Gasteiger partial charge in [0.1, 0.15) is 11.5 Å². The van der Waals surface area contributed by atoms with Crippen LogP contribution >= 0.6 is 11.6 Å². The number of amides is 1. The van der Waals surface area contributed by atoms with Gasteiger partial charge in [0, 0.05) is 0 Å². The summed E-state index contributed by atoms with van der Waals surface area (Å²) in [5, 5.41) is -0.567. The Bertz CT molecular complexity index is 460. The summed E-state index contributed by atoms with van der Waals surface area (Å²) in [5.74, 6) is -0.127. The minimum atomic E-state index is -0.567. The predicted molar refractivity (Wildman–Crippen MR) is 75.9 cm³/mol. The van der Waals surface area contributed by atoms with Crippen molar-refractivity contribution in [1.29, 1.82) is 0 Å². The van der Waals surface area contributed by atoms with E-state index in [2.05, 4.69) is 6.58 Å². The number of alkyl halides is 1. The fraction of sp³-hybridized carbons (Fsp3) is 0.400. The minimum Gasteiger partial charge on any atom is -0.345 e. The summed E-state index contributed by atoms with van der Waals surface area (Å²) in [6, 6.07) is 9.81. The van der Waals surface area contributed by atoms with Crippen molar-refractivity contribution in [2.24, 2.45) is 0 Å². The maximum absolute atomic E-state index is 12.2. The summed E-state index contributed by atoms with van der Waals surface area (Å²) in [6.45, 7) is 7.38. The number of carbonyl (C=O) groups is 1. The molecule has 1 fully saturated rings. The van der Waals surface area contributed by atoms with Gasteiger partial charge in [-0.3, -0.25) is 4.79 Å². The van der Waals surface area contributed by atoms with Gasteiger partial charge < -0.3 is 9.64 Å². The van der Waals surface area contributed by atoms with Crippen LogP contribution in [0.5, 0.6) is 0 Å². The highest BCUT2D eigenvalue weighted by Crippen LogP contribution is 2.35. The second-order valence-corrected chi connectivity index (χ2v) is 5.35. The molecular formula is C15H18ClNO2. The second-order valence-electron chi connectivity index (χ2n) is 4.70. The summed E-state index contributed by atoms with van der Waals surface area (Å²) < 4.78 is 5.92. The summed E-state index contributed by atoms with van der Waals surface area (Å²) in [4.78, 5) is 13.8. The topological polar surface area (TPSA) is 29.5 Å². The summed E-state index contributed by atoms with van der Waals surface area (Å²) in [5.41, 5.74) is 1.05. The first-order valence-electron chi connectivity index (χ1n) is 6.35. The average Bonchev–Trinajstić information content (AvgIpc) is 2.75. The highest BCUT2D eigenvalue weighted by atomic mass is 35.5. The van der Waals surface area contributed by atoms with Gasteiger partial charge in [-0.25, -0.2) is 0 Å². The Labute approximate surface area is 118 Å². The van der Waals surface area contributed by atoms with Crippen molar-refractivity contribution in [3.8, 4) is 0 Å². The Morgan fingerprint density at radius 2 is 2.11 bits per heavy atom. The zero-order valence-electron chi connectivity index (χ0n) is 11.1. The Morgan fingerprint density at radius 3 is 2.63 bits per heavy atom. The van der Waals surface area contributed by atoms with Gasteiger partial charge in [0.2, 0.25) is 5.91 Å². The van der Waals surface area contributed by atoms with Crippen molar-refractivity contribution in [2.75, 3.05) is 0 Å². The number of carbonyl (C=O) groups excluding carboxylic acids is 1. The summed E-state index contributed by atoms with van der Waals surface area (Å²) in [6.07, 6.45) is 1.06. The SMILES string of the molecule is C=CC1O[C@H](c2ccccc2)[C@H](C)N1C(=O)C(C)Cl. The van der Waals surface area contributed by atoms with Crippen molar-refractivity contribution in [3.05, 3.63) is 48.6 Å². The van der Waals surface area contributed by atoms with Gasteiger partial charge >= 0.3 is 0 Å².